The maximum atomic E-state index is 12.8. The third-order valence-electron chi connectivity index (χ3n) is 2.71. The molecule has 0 radical (unpaired) electrons. The minimum absolute atomic E-state index is 0.241. The van der Waals surface area contributed by atoms with E-state index in [4.69, 9.17) is 10.5 Å². The first-order chi connectivity index (χ1) is 8.74. The standard InChI is InChI=1S/C13H16FN3O/c1-18-13-11(6-7-15)8-16-17(13)9-10-2-4-12(14)5-3-10/h2-5,8H,6-7,9,15H2,1H3. The highest BCUT2D eigenvalue weighted by molar-refractivity contribution is 5.26. The van der Waals surface area contributed by atoms with E-state index >= 15 is 0 Å². The number of hydrogen-bond acceptors (Lipinski definition) is 3. The lowest BCUT2D eigenvalue weighted by Crippen LogP contribution is -2.07. The van der Waals surface area contributed by atoms with Crippen molar-refractivity contribution in [2.45, 2.75) is 13.0 Å². The van der Waals surface area contributed by atoms with Crippen LogP contribution in [0.4, 0.5) is 4.39 Å². The maximum Gasteiger partial charge on any atom is 0.215 e. The van der Waals surface area contributed by atoms with Crippen molar-refractivity contribution < 1.29 is 9.13 Å². The van der Waals surface area contributed by atoms with Crippen LogP contribution in [-0.2, 0) is 13.0 Å². The van der Waals surface area contributed by atoms with Crippen LogP contribution >= 0.6 is 0 Å². The number of rotatable bonds is 5. The molecule has 0 atom stereocenters. The van der Waals surface area contributed by atoms with Crippen LogP contribution < -0.4 is 10.5 Å². The second-order valence-corrected chi connectivity index (χ2v) is 4.00. The van der Waals surface area contributed by atoms with Crippen molar-refractivity contribution in [2.75, 3.05) is 13.7 Å². The highest BCUT2D eigenvalue weighted by atomic mass is 19.1. The van der Waals surface area contributed by atoms with E-state index in [9.17, 15) is 4.39 Å². The Morgan fingerprint density at radius 3 is 2.67 bits per heavy atom. The summed E-state index contributed by atoms with van der Waals surface area (Å²) in [6.45, 7) is 1.10. The summed E-state index contributed by atoms with van der Waals surface area (Å²) in [7, 11) is 1.61. The van der Waals surface area contributed by atoms with Crippen molar-refractivity contribution in [3.63, 3.8) is 0 Å². The molecule has 0 aliphatic rings. The lowest BCUT2D eigenvalue weighted by molar-refractivity contribution is 0.363. The molecule has 1 aromatic heterocycles. The molecular formula is C13H16FN3O. The number of nitrogens with two attached hydrogens (primary N) is 1. The molecule has 2 N–H and O–H groups in total. The Morgan fingerprint density at radius 2 is 2.06 bits per heavy atom. The molecule has 1 heterocycles. The van der Waals surface area contributed by atoms with Crippen molar-refractivity contribution in [1.29, 1.82) is 0 Å². The number of halogens is 1. The zero-order valence-corrected chi connectivity index (χ0v) is 10.3. The van der Waals surface area contributed by atoms with Gasteiger partial charge in [-0.2, -0.15) is 5.10 Å². The van der Waals surface area contributed by atoms with Gasteiger partial charge in [0.15, 0.2) is 0 Å². The molecule has 4 nitrogen and oxygen atoms in total. The number of methoxy groups -OCH3 is 1. The normalized spacial score (nSPS) is 10.6. The minimum Gasteiger partial charge on any atom is -0.481 e. The summed E-state index contributed by atoms with van der Waals surface area (Å²) in [5.41, 5.74) is 7.49. The van der Waals surface area contributed by atoms with E-state index in [1.165, 1.54) is 12.1 Å². The summed E-state index contributed by atoms with van der Waals surface area (Å²) in [5, 5.41) is 4.27. The molecule has 0 fully saturated rings. The van der Waals surface area contributed by atoms with Gasteiger partial charge in [-0.1, -0.05) is 12.1 Å². The van der Waals surface area contributed by atoms with E-state index in [-0.39, 0.29) is 5.82 Å². The summed E-state index contributed by atoms with van der Waals surface area (Å²) in [6.07, 6.45) is 2.49. The number of aromatic nitrogens is 2. The molecular weight excluding hydrogens is 233 g/mol. The number of hydrogen-bond donors (Lipinski definition) is 1. The first-order valence-corrected chi connectivity index (χ1v) is 5.77. The second kappa shape index (κ2) is 5.64. The molecule has 2 aromatic rings. The van der Waals surface area contributed by atoms with E-state index in [0.29, 0.717) is 19.0 Å². The zero-order chi connectivity index (χ0) is 13.0. The topological polar surface area (TPSA) is 53.1 Å². The smallest absolute Gasteiger partial charge is 0.215 e. The fourth-order valence-electron chi connectivity index (χ4n) is 1.85. The Balaban J connectivity index is 2.20. The van der Waals surface area contributed by atoms with E-state index in [1.807, 2.05) is 0 Å². The van der Waals surface area contributed by atoms with E-state index < -0.39 is 0 Å². The van der Waals surface area contributed by atoms with Gasteiger partial charge >= 0.3 is 0 Å². The Kier molecular flexibility index (Phi) is 3.94. The molecule has 96 valence electrons. The molecule has 0 bridgehead atoms. The van der Waals surface area contributed by atoms with Gasteiger partial charge in [0, 0.05) is 5.56 Å². The fraction of sp³-hybridized carbons (Fsp3) is 0.308. The number of benzene rings is 1. The molecule has 18 heavy (non-hydrogen) atoms. The average molecular weight is 249 g/mol. The van der Waals surface area contributed by atoms with E-state index in [1.54, 1.807) is 30.1 Å². The van der Waals surface area contributed by atoms with Crippen LogP contribution in [0.3, 0.4) is 0 Å². The number of ether oxygens (including phenoxy) is 1. The third-order valence-corrected chi connectivity index (χ3v) is 2.71. The van der Waals surface area contributed by atoms with Crippen LogP contribution in [0.5, 0.6) is 5.88 Å². The van der Waals surface area contributed by atoms with Gasteiger partial charge in [0.1, 0.15) is 5.82 Å². The Morgan fingerprint density at radius 1 is 1.33 bits per heavy atom. The van der Waals surface area contributed by atoms with E-state index in [0.717, 1.165) is 17.5 Å². The van der Waals surface area contributed by atoms with Gasteiger partial charge in [-0.3, -0.25) is 0 Å². The molecule has 1 aromatic carbocycles. The lowest BCUT2D eigenvalue weighted by atomic mass is 10.2. The van der Waals surface area contributed by atoms with Gasteiger partial charge in [0.2, 0.25) is 5.88 Å². The minimum atomic E-state index is -0.241. The summed E-state index contributed by atoms with van der Waals surface area (Å²) in [4.78, 5) is 0. The molecule has 2 rings (SSSR count). The Labute approximate surface area is 105 Å². The van der Waals surface area contributed by atoms with Gasteiger partial charge in [-0.05, 0) is 30.7 Å². The van der Waals surface area contributed by atoms with Crippen LogP contribution in [0.25, 0.3) is 0 Å². The maximum absolute atomic E-state index is 12.8. The van der Waals surface area contributed by atoms with Crippen molar-refractivity contribution in [1.82, 2.24) is 9.78 Å². The molecule has 0 saturated heterocycles. The van der Waals surface area contributed by atoms with Crippen molar-refractivity contribution in [3.8, 4) is 5.88 Å². The highest BCUT2D eigenvalue weighted by Crippen LogP contribution is 2.19. The van der Waals surface area contributed by atoms with Crippen molar-refractivity contribution in [2.24, 2.45) is 5.73 Å². The third kappa shape index (κ3) is 2.68. The molecule has 0 aliphatic heterocycles. The van der Waals surface area contributed by atoms with Gasteiger partial charge in [-0.25, -0.2) is 9.07 Å². The second-order valence-electron chi connectivity index (χ2n) is 4.00. The predicted molar refractivity (Wildman–Crippen MR) is 67.0 cm³/mol. The average Bonchev–Trinajstić information content (AvgIpc) is 2.75. The first-order valence-electron chi connectivity index (χ1n) is 5.77. The van der Waals surface area contributed by atoms with Crippen LogP contribution in [0.1, 0.15) is 11.1 Å². The molecule has 0 amide bonds. The quantitative estimate of drug-likeness (QED) is 0.875. The monoisotopic (exact) mass is 249 g/mol. The van der Waals surface area contributed by atoms with Gasteiger partial charge in [-0.15, -0.1) is 0 Å². The van der Waals surface area contributed by atoms with Gasteiger partial charge in [0.25, 0.3) is 0 Å². The molecule has 0 spiro atoms. The lowest BCUT2D eigenvalue weighted by Gasteiger charge is -2.08. The van der Waals surface area contributed by atoms with Crippen LogP contribution in [0, 0.1) is 5.82 Å². The largest absolute Gasteiger partial charge is 0.481 e. The van der Waals surface area contributed by atoms with Gasteiger partial charge < -0.3 is 10.5 Å². The molecule has 0 aliphatic carbocycles. The molecule has 0 unspecified atom stereocenters. The van der Waals surface area contributed by atoms with Crippen molar-refractivity contribution in [3.05, 3.63) is 47.4 Å². The molecule has 5 heteroatoms. The summed E-state index contributed by atoms with van der Waals surface area (Å²) in [5.74, 6) is 0.472. The first kappa shape index (κ1) is 12.6. The van der Waals surface area contributed by atoms with Crippen LogP contribution in [0.2, 0.25) is 0 Å². The number of nitrogens with zero attached hydrogens (tertiary/aromatic N) is 2. The summed E-state index contributed by atoms with van der Waals surface area (Å²) in [6, 6.07) is 6.34. The van der Waals surface area contributed by atoms with Crippen LogP contribution in [0.15, 0.2) is 30.5 Å². The Hall–Kier alpha value is -1.88. The van der Waals surface area contributed by atoms with Gasteiger partial charge in [0.05, 0.1) is 19.9 Å². The van der Waals surface area contributed by atoms with E-state index in [2.05, 4.69) is 5.10 Å². The highest BCUT2D eigenvalue weighted by Gasteiger charge is 2.10. The van der Waals surface area contributed by atoms with Crippen molar-refractivity contribution >= 4 is 0 Å². The SMILES string of the molecule is COc1c(CCN)cnn1Cc1ccc(F)cc1. The summed E-state index contributed by atoms with van der Waals surface area (Å²) >= 11 is 0. The zero-order valence-electron chi connectivity index (χ0n) is 10.3. The predicted octanol–water partition coefficient (Wildman–Crippen LogP) is 1.58. The Bertz CT molecular complexity index is 507. The summed E-state index contributed by atoms with van der Waals surface area (Å²) < 4.78 is 19.9. The molecule has 0 saturated carbocycles. The fourth-order valence-corrected chi connectivity index (χ4v) is 1.85. The van der Waals surface area contributed by atoms with Crippen LogP contribution in [-0.4, -0.2) is 23.4 Å².